The summed E-state index contributed by atoms with van der Waals surface area (Å²) < 4.78 is 31.6. The smallest absolute Gasteiger partial charge is 0.264 e. The van der Waals surface area contributed by atoms with E-state index in [1.807, 2.05) is 0 Å². The summed E-state index contributed by atoms with van der Waals surface area (Å²) in [5.41, 5.74) is 0. The van der Waals surface area contributed by atoms with Crippen LogP contribution in [0, 0.1) is 0 Å². The fourth-order valence-corrected chi connectivity index (χ4v) is 0. The summed E-state index contributed by atoms with van der Waals surface area (Å²) in [4.78, 5) is 0. The summed E-state index contributed by atoms with van der Waals surface area (Å²) in [5, 5.41) is 0. The van der Waals surface area contributed by atoms with Crippen LogP contribution in [-0.2, 0) is 49.4 Å². The molecule has 0 aromatic carbocycles. The zero-order chi connectivity index (χ0) is 4.50. The zero-order valence-electron chi connectivity index (χ0n) is 5.24. The average Bonchev–Trinajstić information content (AvgIpc) is 0.722. The van der Waals surface area contributed by atoms with Crippen LogP contribution in [0.25, 0.3) is 0 Å². The van der Waals surface area contributed by atoms with Gasteiger partial charge in [0.2, 0.25) is 0 Å². The Balaban J connectivity index is -0.0000000133. The van der Waals surface area contributed by atoms with Crippen molar-refractivity contribution in [3.63, 3.8) is 0 Å². The van der Waals surface area contributed by atoms with Gasteiger partial charge in [-0.15, -0.1) is 0 Å². The normalized spacial score (nSPS) is 6.44. The molecule has 0 amide bonds. The van der Waals surface area contributed by atoms with Crippen molar-refractivity contribution < 1.29 is 86.0 Å². The van der Waals surface area contributed by atoms with Crippen molar-refractivity contribution in [2.24, 2.45) is 0 Å². The molecule has 0 atom stereocenters. The van der Waals surface area contributed by atoms with Crippen LogP contribution in [0.3, 0.4) is 0 Å². The van der Waals surface area contributed by atoms with Gasteiger partial charge in [0.25, 0.3) is 0 Å². The van der Waals surface area contributed by atoms with E-state index < -0.39 is 10.4 Å². The number of hydrogen-bond acceptors (Lipinski definition) is 2. The first-order valence-corrected chi connectivity index (χ1v) is 2.10. The maximum absolute atomic E-state index is 8.74. The van der Waals surface area contributed by atoms with E-state index in [-0.39, 0.29) is 106 Å². The van der Waals surface area contributed by atoms with E-state index in [0.29, 0.717) is 0 Å². The van der Waals surface area contributed by atoms with Crippen LogP contribution in [-0.4, -0.2) is 55.3 Å². The molecule has 2 N–H and O–H groups in total. The third-order valence-electron chi connectivity index (χ3n) is 0. The monoisotopic (exact) mass is 289 g/mol. The van der Waals surface area contributed by atoms with Crippen molar-refractivity contribution in [1.82, 2.24) is 0 Å². The van der Waals surface area contributed by atoms with E-state index in [2.05, 4.69) is 0 Å². The zero-order valence-corrected chi connectivity index (χ0v) is 16.2. The maximum Gasteiger partial charge on any atom is 2.00 e. The van der Waals surface area contributed by atoms with Crippen molar-refractivity contribution in [3.05, 3.63) is 0 Å². The third-order valence-corrected chi connectivity index (χ3v) is 0. The fraction of sp³-hybridized carbons (Fsp3) is 0. The predicted molar refractivity (Wildman–Crippen MR) is 19.9 cm³/mol. The molecule has 4 nitrogen and oxygen atoms in total. The first-order valence-electron chi connectivity index (χ1n) is 0.698. The van der Waals surface area contributed by atoms with Crippen LogP contribution in [0.5, 0.6) is 0 Å². The van der Waals surface area contributed by atoms with Crippen molar-refractivity contribution in [1.29, 1.82) is 0 Å². The molecule has 0 bridgehead atoms. The minimum atomic E-state index is -4.67. The Bertz CT molecular complexity index is 102. The molecule has 0 aromatic rings. The minimum absolute atomic E-state index is 0. The molecule has 0 saturated carbocycles. The maximum atomic E-state index is 8.74. The largest absolute Gasteiger partial charge is 2.00 e. The first-order chi connectivity index (χ1) is 2.00. The van der Waals surface area contributed by atoms with Gasteiger partial charge in [-0.05, 0) is 0 Å². The molecule has 0 spiro atoms. The summed E-state index contributed by atoms with van der Waals surface area (Å²) in [6, 6.07) is 0. The van der Waals surface area contributed by atoms with Crippen molar-refractivity contribution >= 4 is 48.1 Å². The molecule has 0 fully saturated rings. The first kappa shape index (κ1) is 29.4. The van der Waals surface area contributed by atoms with Crippen molar-refractivity contribution in [2.45, 2.75) is 0 Å². The molecule has 0 rings (SSSR count). The molecular formula is H2CaNaO4SZn2+7. The van der Waals surface area contributed by atoms with Crippen LogP contribution in [0.2, 0.25) is 0 Å². The van der Waals surface area contributed by atoms with E-state index >= 15 is 0 Å². The van der Waals surface area contributed by atoms with Gasteiger partial charge in [-0.3, -0.25) is 9.11 Å². The summed E-state index contributed by atoms with van der Waals surface area (Å²) in [6.45, 7) is 0. The third kappa shape index (κ3) is 87.7. The molecule has 0 aliphatic heterocycles. The molecule has 9 heteroatoms. The second kappa shape index (κ2) is 13.9. The SMILES string of the molecule is O=S(=O)(O)O.[Ca+2].[Na+].[Zn+2].[Zn+2]. The molecule has 9 heavy (non-hydrogen) atoms. The summed E-state index contributed by atoms with van der Waals surface area (Å²) in [6.07, 6.45) is 0. The van der Waals surface area contributed by atoms with Crippen molar-refractivity contribution in [3.8, 4) is 0 Å². The van der Waals surface area contributed by atoms with Crippen LogP contribution < -0.4 is 29.6 Å². The fourth-order valence-electron chi connectivity index (χ4n) is 0. The van der Waals surface area contributed by atoms with Gasteiger partial charge in [0.1, 0.15) is 0 Å². The van der Waals surface area contributed by atoms with Gasteiger partial charge >= 0.3 is 117 Å². The molecule has 0 aliphatic rings. The molecular weight excluding hydrogens is 290 g/mol. The van der Waals surface area contributed by atoms with Gasteiger partial charge < -0.3 is 0 Å². The summed E-state index contributed by atoms with van der Waals surface area (Å²) in [7, 11) is -4.67. The molecule has 0 radical (unpaired) electrons. The Hall–Kier alpha value is 3.38. The Labute approximate surface area is 131 Å². The van der Waals surface area contributed by atoms with Gasteiger partial charge in [-0.25, -0.2) is 0 Å². The number of rotatable bonds is 0. The Morgan fingerprint density at radius 1 is 1.00 bits per heavy atom. The van der Waals surface area contributed by atoms with Crippen LogP contribution in [0.1, 0.15) is 0 Å². The Kier molecular flexibility index (Phi) is 45.6. The molecule has 0 unspecified atom stereocenters. The van der Waals surface area contributed by atoms with E-state index in [1.165, 1.54) is 0 Å². The van der Waals surface area contributed by atoms with E-state index in [9.17, 15) is 0 Å². The predicted octanol–water partition coefficient (Wildman–Crippen LogP) is -4.03. The van der Waals surface area contributed by atoms with Gasteiger partial charge in [0.05, 0.1) is 0 Å². The Morgan fingerprint density at radius 3 is 1.00 bits per heavy atom. The van der Waals surface area contributed by atoms with E-state index in [1.54, 1.807) is 0 Å². The standard InChI is InChI=1S/Ca.Na.H2O4S.2Zn/c;;1-5(2,3)4;;/h;;(H2,1,2,3,4);;/q+2;+1;;2*+2. The molecule has 0 heterocycles. The average molecular weight is 292 g/mol. The number of hydrogen-bond donors (Lipinski definition) is 2. The van der Waals surface area contributed by atoms with E-state index in [4.69, 9.17) is 17.5 Å². The molecule has 0 aliphatic carbocycles. The molecule has 32 valence electrons. The second-order valence-corrected chi connectivity index (χ2v) is 1.34. The van der Waals surface area contributed by atoms with Crippen LogP contribution >= 0.6 is 0 Å². The summed E-state index contributed by atoms with van der Waals surface area (Å²) in [5.74, 6) is 0. The van der Waals surface area contributed by atoms with Crippen LogP contribution in [0.15, 0.2) is 0 Å². The second-order valence-electron chi connectivity index (χ2n) is 0.448. The van der Waals surface area contributed by atoms with Gasteiger partial charge in [0, 0.05) is 0 Å². The Morgan fingerprint density at radius 2 is 1.00 bits per heavy atom. The van der Waals surface area contributed by atoms with Crippen LogP contribution in [0.4, 0.5) is 0 Å². The van der Waals surface area contributed by atoms with Gasteiger partial charge in [0.15, 0.2) is 0 Å². The van der Waals surface area contributed by atoms with Crippen molar-refractivity contribution in [2.75, 3.05) is 0 Å². The molecule has 0 saturated heterocycles. The van der Waals surface area contributed by atoms with E-state index in [0.717, 1.165) is 0 Å². The van der Waals surface area contributed by atoms with Gasteiger partial charge in [-0.1, -0.05) is 0 Å². The quantitative estimate of drug-likeness (QED) is 0.352. The minimum Gasteiger partial charge on any atom is -0.264 e. The molecule has 0 aromatic heterocycles. The van der Waals surface area contributed by atoms with Gasteiger partial charge in [-0.2, -0.15) is 8.42 Å². The summed E-state index contributed by atoms with van der Waals surface area (Å²) >= 11 is 0. The topological polar surface area (TPSA) is 74.6 Å².